The number of rotatable bonds is 7. The average Bonchev–Trinajstić information content (AvgIpc) is 2.87. The summed E-state index contributed by atoms with van der Waals surface area (Å²) in [7, 11) is 0. The molecule has 1 aliphatic rings. The van der Waals surface area contributed by atoms with E-state index in [1.54, 1.807) is 0 Å². The molecule has 2 rings (SSSR count). The number of hydrogen-bond acceptors (Lipinski definition) is 5. The molecule has 1 saturated carbocycles. The Morgan fingerprint density at radius 1 is 1.40 bits per heavy atom. The Morgan fingerprint density at radius 2 is 2.15 bits per heavy atom. The summed E-state index contributed by atoms with van der Waals surface area (Å²) in [4.78, 5) is 15.9. The Hall–Kier alpha value is -1.43. The summed E-state index contributed by atoms with van der Waals surface area (Å²) in [6.07, 6.45) is 5.34. The van der Waals surface area contributed by atoms with Crippen LogP contribution in [0.3, 0.4) is 0 Å². The molecule has 1 N–H and O–H groups in total. The predicted molar refractivity (Wildman–Crippen MR) is 71.4 cm³/mol. The molecule has 0 amide bonds. The zero-order chi connectivity index (χ0) is 14.4. The van der Waals surface area contributed by atoms with Gasteiger partial charge in [-0.1, -0.05) is 24.4 Å². The lowest BCUT2D eigenvalue weighted by molar-refractivity contribution is -0.151. The molecule has 6 heteroatoms. The zero-order valence-corrected chi connectivity index (χ0v) is 11.9. The number of aromatic nitrogens is 2. The van der Waals surface area contributed by atoms with Crippen molar-refractivity contribution >= 4 is 5.97 Å². The van der Waals surface area contributed by atoms with E-state index < -0.39 is 11.4 Å². The molecule has 0 aromatic carbocycles. The predicted octanol–water partition coefficient (Wildman–Crippen LogP) is 2.23. The lowest BCUT2D eigenvalue weighted by Gasteiger charge is -2.31. The van der Waals surface area contributed by atoms with Crippen LogP contribution in [-0.4, -0.2) is 34.4 Å². The summed E-state index contributed by atoms with van der Waals surface area (Å²) in [6.45, 7) is 3.15. The topological polar surface area (TPSA) is 85.5 Å². The molecule has 1 fully saturated rings. The number of nitrogens with zero attached hydrogens (tertiary/aromatic N) is 2. The van der Waals surface area contributed by atoms with Gasteiger partial charge in [-0.25, -0.2) is 0 Å². The molecule has 1 aliphatic carbocycles. The second-order valence-corrected chi connectivity index (χ2v) is 5.37. The Labute approximate surface area is 118 Å². The first-order chi connectivity index (χ1) is 9.66. The van der Waals surface area contributed by atoms with Gasteiger partial charge in [0.2, 0.25) is 5.89 Å². The highest BCUT2D eigenvalue weighted by Gasteiger charge is 2.41. The van der Waals surface area contributed by atoms with Crippen molar-refractivity contribution < 1.29 is 19.2 Å². The van der Waals surface area contributed by atoms with E-state index in [0.717, 1.165) is 19.3 Å². The van der Waals surface area contributed by atoms with E-state index in [9.17, 15) is 9.90 Å². The van der Waals surface area contributed by atoms with Gasteiger partial charge in [0.15, 0.2) is 5.82 Å². The molecule has 1 heterocycles. The number of carboxylic acid groups (broad SMARTS) is 1. The van der Waals surface area contributed by atoms with Crippen molar-refractivity contribution in [2.75, 3.05) is 13.2 Å². The molecule has 0 radical (unpaired) electrons. The van der Waals surface area contributed by atoms with Crippen LogP contribution in [0.1, 0.15) is 50.7 Å². The van der Waals surface area contributed by atoms with E-state index >= 15 is 0 Å². The number of carboxylic acids is 1. The Bertz CT molecular complexity index is 438. The number of ether oxygens (including phenoxy) is 1. The van der Waals surface area contributed by atoms with Crippen molar-refractivity contribution in [1.82, 2.24) is 10.1 Å². The molecule has 1 aromatic rings. The van der Waals surface area contributed by atoms with Crippen molar-refractivity contribution in [3.8, 4) is 0 Å². The summed E-state index contributed by atoms with van der Waals surface area (Å²) < 4.78 is 10.4. The van der Waals surface area contributed by atoms with E-state index in [2.05, 4.69) is 10.1 Å². The first-order valence-corrected chi connectivity index (χ1v) is 7.29. The summed E-state index contributed by atoms with van der Waals surface area (Å²) in [6, 6.07) is 0. The van der Waals surface area contributed by atoms with Gasteiger partial charge in [0.25, 0.3) is 0 Å². The van der Waals surface area contributed by atoms with Gasteiger partial charge in [0.05, 0.1) is 12.0 Å². The fourth-order valence-corrected chi connectivity index (χ4v) is 2.76. The highest BCUT2D eigenvalue weighted by atomic mass is 16.5. The van der Waals surface area contributed by atoms with Crippen molar-refractivity contribution in [2.45, 2.75) is 51.9 Å². The Morgan fingerprint density at radius 3 is 2.80 bits per heavy atom. The second-order valence-electron chi connectivity index (χ2n) is 5.37. The van der Waals surface area contributed by atoms with Crippen LogP contribution < -0.4 is 0 Å². The van der Waals surface area contributed by atoms with Crippen molar-refractivity contribution in [1.29, 1.82) is 0 Å². The molecule has 112 valence electrons. The Kier molecular flexibility index (Phi) is 5.11. The molecule has 0 unspecified atom stereocenters. The van der Waals surface area contributed by atoms with Gasteiger partial charge in [-0.15, -0.1) is 0 Å². The fourth-order valence-electron chi connectivity index (χ4n) is 2.76. The molecule has 20 heavy (non-hydrogen) atoms. The first-order valence-electron chi connectivity index (χ1n) is 7.29. The SMILES string of the molecule is CCOCCc1noc(CC2(C(=O)O)CCCCC2)n1. The van der Waals surface area contributed by atoms with Crippen molar-refractivity contribution in [3.05, 3.63) is 11.7 Å². The summed E-state index contributed by atoms with van der Waals surface area (Å²) in [5, 5.41) is 13.4. The molecule has 0 bridgehead atoms. The molecule has 1 aromatic heterocycles. The van der Waals surface area contributed by atoms with Gasteiger partial charge < -0.3 is 14.4 Å². The molecule has 6 nitrogen and oxygen atoms in total. The Balaban J connectivity index is 1.98. The third-order valence-electron chi connectivity index (χ3n) is 3.94. The lowest BCUT2D eigenvalue weighted by atomic mass is 9.72. The van der Waals surface area contributed by atoms with Crippen LogP contribution >= 0.6 is 0 Å². The lowest BCUT2D eigenvalue weighted by Crippen LogP contribution is -2.35. The van der Waals surface area contributed by atoms with Crippen LogP contribution in [0.4, 0.5) is 0 Å². The van der Waals surface area contributed by atoms with Gasteiger partial charge in [0.1, 0.15) is 0 Å². The monoisotopic (exact) mass is 282 g/mol. The summed E-state index contributed by atoms with van der Waals surface area (Å²) in [5.41, 5.74) is -0.720. The first kappa shape index (κ1) is 15.0. The van der Waals surface area contributed by atoms with Crippen LogP contribution in [-0.2, 0) is 22.4 Å². The molecular weight excluding hydrogens is 260 g/mol. The second kappa shape index (κ2) is 6.83. The summed E-state index contributed by atoms with van der Waals surface area (Å²) >= 11 is 0. The quantitative estimate of drug-likeness (QED) is 0.772. The van der Waals surface area contributed by atoms with Gasteiger partial charge in [-0.2, -0.15) is 4.98 Å². The summed E-state index contributed by atoms with van der Waals surface area (Å²) in [5.74, 6) is 0.275. The zero-order valence-electron chi connectivity index (χ0n) is 11.9. The minimum Gasteiger partial charge on any atom is -0.481 e. The van der Waals surface area contributed by atoms with Crippen LogP contribution in [0.15, 0.2) is 4.52 Å². The maximum atomic E-state index is 11.6. The smallest absolute Gasteiger partial charge is 0.310 e. The van der Waals surface area contributed by atoms with E-state index in [1.807, 2.05) is 6.92 Å². The minimum absolute atomic E-state index is 0.337. The maximum Gasteiger partial charge on any atom is 0.310 e. The van der Waals surface area contributed by atoms with Gasteiger partial charge in [0, 0.05) is 19.4 Å². The van der Waals surface area contributed by atoms with Crippen LogP contribution in [0, 0.1) is 5.41 Å². The molecular formula is C14H22N2O4. The average molecular weight is 282 g/mol. The number of aliphatic carboxylic acids is 1. The van der Waals surface area contributed by atoms with Gasteiger partial charge in [-0.3, -0.25) is 4.79 Å². The molecule has 0 aliphatic heterocycles. The van der Waals surface area contributed by atoms with E-state index in [4.69, 9.17) is 9.26 Å². The van der Waals surface area contributed by atoms with Gasteiger partial charge in [-0.05, 0) is 19.8 Å². The highest BCUT2D eigenvalue weighted by molar-refractivity contribution is 5.75. The fraction of sp³-hybridized carbons (Fsp3) is 0.786. The van der Waals surface area contributed by atoms with Crippen molar-refractivity contribution in [2.24, 2.45) is 5.41 Å². The third kappa shape index (κ3) is 3.56. The number of hydrogen-bond donors (Lipinski definition) is 1. The third-order valence-corrected chi connectivity index (χ3v) is 3.94. The largest absolute Gasteiger partial charge is 0.481 e. The minimum atomic E-state index is -0.744. The normalized spacial score (nSPS) is 18.1. The van der Waals surface area contributed by atoms with E-state index in [1.165, 1.54) is 0 Å². The molecule has 0 spiro atoms. The van der Waals surface area contributed by atoms with E-state index in [0.29, 0.717) is 50.6 Å². The highest BCUT2D eigenvalue weighted by Crippen LogP contribution is 2.39. The van der Waals surface area contributed by atoms with E-state index in [-0.39, 0.29) is 0 Å². The standard InChI is InChI=1S/C14H22N2O4/c1-2-19-9-6-11-15-12(20-16-11)10-14(13(17)18)7-4-3-5-8-14/h2-10H2,1H3,(H,17,18). The number of carbonyl (C=O) groups is 1. The van der Waals surface area contributed by atoms with Gasteiger partial charge >= 0.3 is 5.97 Å². The van der Waals surface area contributed by atoms with Crippen LogP contribution in [0.25, 0.3) is 0 Å². The van der Waals surface area contributed by atoms with Crippen molar-refractivity contribution in [3.63, 3.8) is 0 Å². The molecule has 0 atom stereocenters. The van der Waals surface area contributed by atoms with Crippen LogP contribution in [0.2, 0.25) is 0 Å². The maximum absolute atomic E-state index is 11.6. The molecule has 0 saturated heterocycles. The van der Waals surface area contributed by atoms with Crippen LogP contribution in [0.5, 0.6) is 0 Å².